The lowest BCUT2D eigenvalue weighted by Gasteiger charge is -2.40. The van der Waals surface area contributed by atoms with Gasteiger partial charge in [-0.2, -0.15) is 0 Å². The average Bonchev–Trinajstić information content (AvgIpc) is 2.02. The Morgan fingerprint density at radius 3 is 2.62 bits per heavy atom. The molecule has 1 rings (SSSR count). The predicted octanol–water partition coefficient (Wildman–Crippen LogP) is 2.19. The highest BCUT2D eigenvalue weighted by Crippen LogP contribution is 2.30. The summed E-state index contributed by atoms with van der Waals surface area (Å²) in [5.74, 6) is 0. The molecule has 76 valence electrons. The smallest absolute Gasteiger partial charge is 0.166 e. The van der Waals surface area contributed by atoms with Crippen molar-refractivity contribution >= 4 is 17.3 Å². The lowest BCUT2D eigenvalue weighted by molar-refractivity contribution is 0.243. The first-order chi connectivity index (χ1) is 6.16. The molecule has 2 N–H and O–H groups in total. The Morgan fingerprint density at radius 2 is 2.15 bits per heavy atom. The van der Waals surface area contributed by atoms with Crippen LogP contribution in [0.25, 0.3) is 0 Å². The highest BCUT2D eigenvalue weighted by Gasteiger charge is 2.31. The summed E-state index contributed by atoms with van der Waals surface area (Å²) in [5.41, 5.74) is 0.288. The fraction of sp³-hybridized carbons (Fsp3) is 0.900. The topological polar surface area (TPSA) is 24.1 Å². The minimum atomic E-state index is 0.288. The maximum absolute atomic E-state index is 5.19. The molecule has 1 saturated carbocycles. The molecule has 3 heteroatoms. The van der Waals surface area contributed by atoms with E-state index in [-0.39, 0.29) is 5.54 Å². The van der Waals surface area contributed by atoms with Crippen molar-refractivity contribution in [1.29, 1.82) is 0 Å². The van der Waals surface area contributed by atoms with Gasteiger partial charge in [-0.15, -0.1) is 0 Å². The summed E-state index contributed by atoms with van der Waals surface area (Å²) in [5, 5.41) is 7.43. The van der Waals surface area contributed by atoms with Crippen molar-refractivity contribution in [2.75, 3.05) is 6.54 Å². The van der Waals surface area contributed by atoms with Crippen molar-refractivity contribution in [1.82, 2.24) is 10.6 Å². The van der Waals surface area contributed by atoms with E-state index in [4.69, 9.17) is 12.2 Å². The second kappa shape index (κ2) is 4.80. The van der Waals surface area contributed by atoms with Crippen LogP contribution in [0.15, 0.2) is 0 Å². The molecule has 0 saturated heterocycles. The number of thiocarbonyl (C=S) groups is 1. The molecule has 0 aliphatic heterocycles. The average molecular weight is 200 g/mol. The summed E-state index contributed by atoms with van der Waals surface area (Å²) in [7, 11) is 0. The predicted molar refractivity (Wildman–Crippen MR) is 60.9 cm³/mol. The van der Waals surface area contributed by atoms with E-state index < -0.39 is 0 Å². The van der Waals surface area contributed by atoms with Crippen molar-refractivity contribution < 1.29 is 0 Å². The summed E-state index contributed by atoms with van der Waals surface area (Å²) in [6.45, 7) is 5.42. The molecule has 0 unspecified atom stereocenters. The van der Waals surface area contributed by atoms with Crippen LogP contribution in [-0.2, 0) is 0 Å². The molecule has 0 aromatic carbocycles. The second-order valence-electron chi connectivity index (χ2n) is 4.15. The molecule has 1 fully saturated rings. The zero-order valence-corrected chi connectivity index (χ0v) is 9.47. The van der Waals surface area contributed by atoms with Gasteiger partial charge >= 0.3 is 0 Å². The van der Waals surface area contributed by atoms with E-state index >= 15 is 0 Å². The van der Waals surface area contributed by atoms with Gasteiger partial charge in [0.05, 0.1) is 0 Å². The number of unbranched alkanes of at least 4 members (excludes halogenated alkanes) is 1. The fourth-order valence-electron chi connectivity index (χ4n) is 1.53. The minimum Gasteiger partial charge on any atom is -0.363 e. The molecular weight excluding hydrogens is 180 g/mol. The van der Waals surface area contributed by atoms with Gasteiger partial charge in [0, 0.05) is 12.1 Å². The van der Waals surface area contributed by atoms with E-state index in [1.807, 2.05) is 0 Å². The Balaban J connectivity index is 2.10. The first kappa shape index (κ1) is 10.8. The number of hydrogen-bond donors (Lipinski definition) is 2. The molecule has 0 aromatic rings. The first-order valence-corrected chi connectivity index (χ1v) is 5.63. The third kappa shape index (κ3) is 3.51. The van der Waals surface area contributed by atoms with Crippen molar-refractivity contribution in [3.63, 3.8) is 0 Å². The molecule has 2 nitrogen and oxygen atoms in total. The molecule has 0 radical (unpaired) electrons. The van der Waals surface area contributed by atoms with Gasteiger partial charge in [-0.3, -0.25) is 0 Å². The van der Waals surface area contributed by atoms with Gasteiger partial charge in [0.15, 0.2) is 5.11 Å². The van der Waals surface area contributed by atoms with Crippen molar-refractivity contribution in [2.24, 2.45) is 0 Å². The highest BCUT2D eigenvalue weighted by molar-refractivity contribution is 7.80. The van der Waals surface area contributed by atoms with Crippen LogP contribution < -0.4 is 10.6 Å². The van der Waals surface area contributed by atoms with Crippen LogP contribution in [0.5, 0.6) is 0 Å². The van der Waals surface area contributed by atoms with Gasteiger partial charge in [0.25, 0.3) is 0 Å². The van der Waals surface area contributed by atoms with E-state index in [0.29, 0.717) is 0 Å². The van der Waals surface area contributed by atoms with Crippen LogP contribution in [0, 0.1) is 0 Å². The van der Waals surface area contributed by atoms with Gasteiger partial charge in [0.2, 0.25) is 0 Å². The van der Waals surface area contributed by atoms with E-state index in [0.717, 1.165) is 11.7 Å². The van der Waals surface area contributed by atoms with Gasteiger partial charge < -0.3 is 10.6 Å². The third-order valence-corrected chi connectivity index (χ3v) is 2.93. The molecule has 0 amide bonds. The fourth-order valence-corrected chi connectivity index (χ4v) is 1.88. The first-order valence-electron chi connectivity index (χ1n) is 5.22. The largest absolute Gasteiger partial charge is 0.363 e. The number of nitrogens with one attached hydrogen (secondary N) is 2. The van der Waals surface area contributed by atoms with Crippen LogP contribution in [0.4, 0.5) is 0 Å². The molecule has 0 heterocycles. The van der Waals surface area contributed by atoms with Crippen LogP contribution >= 0.6 is 12.2 Å². The van der Waals surface area contributed by atoms with Gasteiger partial charge in [-0.25, -0.2) is 0 Å². The molecule has 0 atom stereocenters. The highest BCUT2D eigenvalue weighted by atomic mass is 32.1. The Labute approximate surface area is 86.5 Å². The Morgan fingerprint density at radius 1 is 1.46 bits per heavy atom. The van der Waals surface area contributed by atoms with E-state index in [1.165, 1.54) is 32.1 Å². The third-order valence-electron chi connectivity index (χ3n) is 2.69. The lowest BCUT2D eigenvalue weighted by Crippen LogP contribution is -2.54. The van der Waals surface area contributed by atoms with E-state index in [9.17, 15) is 0 Å². The Bertz CT molecular complexity index is 176. The quantitative estimate of drug-likeness (QED) is 0.537. The summed E-state index contributed by atoms with van der Waals surface area (Å²) in [4.78, 5) is 0. The summed E-state index contributed by atoms with van der Waals surface area (Å²) in [6, 6.07) is 0. The van der Waals surface area contributed by atoms with Gasteiger partial charge in [-0.1, -0.05) is 13.3 Å². The molecule has 1 aliphatic rings. The molecule has 0 spiro atoms. The van der Waals surface area contributed by atoms with Crippen molar-refractivity contribution in [3.05, 3.63) is 0 Å². The molecule has 0 bridgehead atoms. The molecule has 13 heavy (non-hydrogen) atoms. The van der Waals surface area contributed by atoms with Crippen LogP contribution in [0.3, 0.4) is 0 Å². The zero-order chi connectivity index (χ0) is 9.73. The van der Waals surface area contributed by atoms with E-state index in [2.05, 4.69) is 24.5 Å². The van der Waals surface area contributed by atoms with Crippen LogP contribution in [0.2, 0.25) is 0 Å². The monoisotopic (exact) mass is 200 g/mol. The minimum absolute atomic E-state index is 0.288. The molecular formula is C10H20N2S. The second-order valence-corrected chi connectivity index (χ2v) is 4.56. The lowest BCUT2D eigenvalue weighted by atomic mass is 9.79. The summed E-state index contributed by atoms with van der Waals surface area (Å²) < 4.78 is 0. The van der Waals surface area contributed by atoms with Gasteiger partial charge in [-0.05, 0) is 44.8 Å². The van der Waals surface area contributed by atoms with E-state index in [1.54, 1.807) is 0 Å². The molecule has 0 aromatic heterocycles. The normalized spacial score (nSPS) is 18.9. The Kier molecular flexibility index (Phi) is 3.97. The maximum atomic E-state index is 5.19. The zero-order valence-electron chi connectivity index (χ0n) is 8.65. The van der Waals surface area contributed by atoms with Crippen molar-refractivity contribution in [3.8, 4) is 0 Å². The number of rotatable bonds is 4. The van der Waals surface area contributed by atoms with Crippen molar-refractivity contribution in [2.45, 2.75) is 51.5 Å². The number of hydrogen-bond acceptors (Lipinski definition) is 1. The standard InChI is InChI=1S/C10H20N2S/c1-3-4-8-11-9(13)12-10(2)6-5-7-10/h3-8H2,1-2H3,(H2,11,12,13). The van der Waals surface area contributed by atoms with Crippen LogP contribution in [0.1, 0.15) is 46.0 Å². The Hall–Kier alpha value is -0.310. The summed E-state index contributed by atoms with van der Waals surface area (Å²) >= 11 is 5.19. The SMILES string of the molecule is CCCCNC(=S)NC1(C)CCC1. The maximum Gasteiger partial charge on any atom is 0.166 e. The molecule has 1 aliphatic carbocycles. The summed E-state index contributed by atoms with van der Waals surface area (Å²) in [6.07, 6.45) is 6.25. The van der Waals surface area contributed by atoms with Gasteiger partial charge in [0.1, 0.15) is 0 Å². The van der Waals surface area contributed by atoms with Crippen LogP contribution in [-0.4, -0.2) is 17.2 Å².